The van der Waals surface area contributed by atoms with Gasteiger partial charge in [-0.3, -0.25) is 4.79 Å². The number of hydrogen-bond donors (Lipinski definition) is 2. The van der Waals surface area contributed by atoms with E-state index in [1.54, 1.807) is 30.3 Å². The van der Waals surface area contributed by atoms with Gasteiger partial charge in [-0.25, -0.2) is 13.1 Å². The van der Waals surface area contributed by atoms with E-state index in [0.29, 0.717) is 18.0 Å². The van der Waals surface area contributed by atoms with Crippen molar-refractivity contribution in [1.82, 2.24) is 4.72 Å². The molecule has 0 bridgehead atoms. The highest BCUT2D eigenvalue weighted by atomic mass is 35.5. The number of para-hydroxylation sites is 1. The van der Waals surface area contributed by atoms with Gasteiger partial charge in [-0.15, -0.1) is 11.6 Å². The average Bonchev–Trinajstić information content (AvgIpc) is 2.56. The summed E-state index contributed by atoms with van der Waals surface area (Å²) in [6, 6.07) is 14.9. The lowest BCUT2D eigenvalue weighted by Crippen LogP contribution is -2.25. The zero-order valence-corrected chi connectivity index (χ0v) is 13.9. The molecule has 0 heterocycles. The molecule has 2 aromatic rings. The minimum Gasteiger partial charge on any atom is -0.322 e. The summed E-state index contributed by atoms with van der Waals surface area (Å²) >= 11 is 5.53. The van der Waals surface area contributed by atoms with E-state index in [1.807, 2.05) is 6.07 Å². The Morgan fingerprint density at radius 3 is 2.48 bits per heavy atom. The minimum atomic E-state index is -3.65. The van der Waals surface area contributed by atoms with Gasteiger partial charge in [-0.1, -0.05) is 24.3 Å². The van der Waals surface area contributed by atoms with Gasteiger partial charge >= 0.3 is 0 Å². The van der Waals surface area contributed by atoms with Crippen LogP contribution in [0.4, 0.5) is 5.69 Å². The van der Waals surface area contributed by atoms with E-state index in [4.69, 9.17) is 11.6 Å². The Kier molecular flexibility index (Phi) is 6.15. The number of carbonyl (C=O) groups excluding carboxylic acids is 1. The van der Waals surface area contributed by atoms with Crippen LogP contribution in [0.1, 0.15) is 16.8 Å². The number of alkyl halides is 1. The number of carbonyl (C=O) groups is 1. The fourth-order valence-electron chi connectivity index (χ4n) is 1.89. The van der Waals surface area contributed by atoms with E-state index >= 15 is 0 Å². The Bertz CT molecular complexity index is 764. The summed E-state index contributed by atoms with van der Waals surface area (Å²) in [6.45, 7) is 0.256. The van der Waals surface area contributed by atoms with Gasteiger partial charge in [0.25, 0.3) is 5.91 Å². The molecule has 1 amide bonds. The molecule has 7 heteroatoms. The van der Waals surface area contributed by atoms with Crippen molar-refractivity contribution >= 4 is 33.2 Å². The summed E-state index contributed by atoms with van der Waals surface area (Å²) in [7, 11) is -3.65. The van der Waals surface area contributed by atoms with E-state index < -0.39 is 10.0 Å². The normalized spacial score (nSPS) is 11.2. The Labute approximate surface area is 140 Å². The number of anilines is 1. The first-order valence-electron chi connectivity index (χ1n) is 7.05. The van der Waals surface area contributed by atoms with Crippen LogP contribution < -0.4 is 10.0 Å². The third kappa shape index (κ3) is 5.06. The van der Waals surface area contributed by atoms with Crippen LogP contribution in [0, 0.1) is 0 Å². The number of nitrogens with one attached hydrogen (secondary N) is 2. The first-order valence-corrected chi connectivity index (χ1v) is 9.07. The highest BCUT2D eigenvalue weighted by Crippen LogP contribution is 2.14. The molecule has 23 heavy (non-hydrogen) atoms. The third-order valence-corrected chi connectivity index (χ3v) is 4.77. The minimum absolute atomic E-state index is 0.0489. The summed E-state index contributed by atoms with van der Waals surface area (Å²) in [4.78, 5) is 12.3. The second-order valence-electron chi connectivity index (χ2n) is 4.79. The second kappa shape index (κ2) is 8.10. The number of hydrogen-bond acceptors (Lipinski definition) is 3. The molecule has 0 radical (unpaired) electrons. The van der Waals surface area contributed by atoms with Gasteiger partial charge in [-0.2, -0.15) is 0 Å². The standard InChI is InChI=1S/C16H17ClN2O3S/c17-10-5-11-18-23(21,22)15-9-4-6-13(12-15)16(20)19-14-7-2-1-3-8-14/h1-4,6-9,12,18H,5,10-11H2,(H,19,20). The van der Waals surface area contributed by atoms with Crippen LogP contribution in [0.3, 0.4) is 0 Å². The maximum Gasteiger partial charge on any atom is 0.255 e. The molecule has 0 aliphatic carbocycles. The number of amides is 1. The fourth-order valence-corrected chi connectivity index (χ4v) is 3.14. The molecule has 0 atom stereocenters. The maximum atomic E-state index is 12.2. The van der Waals surface area contributed by atoms with Crippen LogP contribution in [0.15, 0.2) is 59.5 Å². The van der Waals surface area contributed by atoms with Gasteiger partial charge in [0.05, 0.1) is 4.90 Å². The van der Waals surface area contributed by atoms with Gasteiger partial charge in [-0.05, 0) is 36.8 Å². The lowest BCUT2D eigenvalue weighted by atomic mass is 10.2. The largest absolute Gasteiger partial charge is 0.322 e. The van der Waals surface area contributed by atoms with Gasteiger partial charge in [0, 0.05) is 23.7 Å². The van der Waals surface area contributed by atoms with Crippen molar-refractivity contribution < 1.29 is 13.2 Å². The zero-order chi connectivity index (χ0) is 16.7. The molecule has 0 unspecified atom stereocenters. The van der Waals surface area contributed by atoms with Crippen LogP contribution in [0.2, 0.25) is 0 Å². The number of benzene rings is 2. The van der Waals surface area contributed by atoms with Crippen molar-refractivity contribution in [3.63, 3.8) is 0 Å². The van der Waals surface area contributed by atoms with E-state index in [-0.39, 0.29) is 22.9 Å². The van der Waals surface area contributed by atoms with Crippen molar-refractivity contribution in [3.05, 3.63) is 60.2 Å². The van der Waals surface area contributed by atoms with Crippen LogP contribution in [-0.2, 0) is 10.0 Å². The van der Waals surface area contributed by atoms with Crippen molar-refractivity contribution in [2.45, 2.75) is 11.3 Å². The molecule has 5 nitrogen and oxygen atoms in total. The summed E-state index contributed by atoms with van der Waals surface area (Å²) < 4.78 is 26.8. The van der Waals surface area contributed by atoms with E-state index in [0.717, 1.165) is 0 Å². The maximum absolute atomic E-state index is 12.2. The average molecular weight is 353 g/mol. The van der Waals surface area contributed by atoms with Crippen molar-refractivity contribution in [3.8, 4) is 0 Å². The SMILES string of the molecule is O=C(Nc1ccccc1)c1cccc(S(=O)(=O)NCCCCl)c1. The Morgan fingerprint density at radius 2 is 1.78 bits per heavy atom. The van der Waals surface area contributed by atoms with Gasteiger partial charge in [0.1, 0.15) is 0 Å². The molecule has 0 saturated heterocycles. The molecule has 0 aliphatic heterocycles. The predicted molar refractivity (Wildman–Crippen MR) is 91.4 cm³/mol. The van der Waals surface area contributed by atoms with Crippen molar-refractivity contribution in [2.75, 3.05) is 17.7 Å². The quantitative estimate of drug-likeness (QED) is 0.594. The third-order valence-electron chi connectivity index (χ3n) is 3.04. The second-order valence-corrected chi connectivity index (χ2v) is 6.93. The molecule has 122 valence electrons. The van der Waals surface area contributed by atoms with Crippen LogP contribution in [0.25, 0.3) is 0 Å². The predicted octanol–water partition coefficient (Wildman–Crippen LogP) is 2.85. The molecule has 0 aliphatic rings. The number of sulfonamides is 1. The van der Waals surface area contributed by atoms with E-state index in [1.165, 1.54) is 18.2 Å². The molecule has 0 spiro atoms. The van der Waals surface area contributed by atoms with Crippen LogP contribution >= 0.6 is 11.6 Å². The fraction of sp³-hybridized carbons (Fsp3) is 0.188. The highest BCUT2D eigenvalue weighted by Gasteiger charge is 2.15. The number of rotatable bonds is 7. The molecule has 0 aromatic heterocycles. The van der Waals surface area contributed by atoms with Gasteiger partial charge in [0.15, 0.2) is 0 Å². The highest BCUT2D eigenvalue weighted by molar-refractivity contribution is 7.89. The van der Waals surface area contributed by atoms with Gasteiger partial charge < -0.3 is 5.32 Å². The molecule has 0 saturated carbocycles. The summed E-state index contributed by atoms with van der Waals surface area (Å²) in [5.41, 5.74) is 0.917. The van der Waals surface area contributed by atoms with Crippen LogP contribution in [-0.4, -0.2) is 26.7 Å². The first-order chi connectivity index (χ1) is 11.0. The molecular formula is C16H17ClN2O3S. The summed E-state index contributed by atoms with van der Waals surface area (Å²) in [5.74, 6) is 0.0104. The first kappa shape index (κ1) is 17.5. The molecule has 2 aromatic carbocycles. The van der Waals surface area contributed by atoms with Crippen molar-refractivity contribution in [2.24, 2.45) is 0 Å². The smallest absolute Gasteiger partial charge is 0.255 e. The molecule has 0 fully saturated rings. The lowest BCUT2D eigenvalue weighted by Gasteiger charge is -2.08. The van der Waals surface area contributed by atoms with E-state index in [9.17, 15) is 13.2 Å². The van der Waals surface area contributed by atoms with E-state index in [2.05, 4.69) is 10.0 Å². The Morgan fingerprint density at radius 1 is 1.04 bits per heavy atom. The Hall–Kier alpha value is -1.89. The zero-order valence-electron chi connectivity index (χ0n) is 12.3. The Balaban J connectivity index is 2.14. The molecule has 2 N–H and O–H groups in total. The number of halogens is 1. The van der Waals surface area contributed by atoms with Gasteiger partial charge in [0.2, 0.25) is 10.0 Å². The topological polar surface area (TPSA) is 75.3 Å². The molecule has 2 rings (SSSR count). The van der Waals surface area contributed by atoms with Crippen LogP contribution in [0.5, 0.6) is 0 Å². The monoisotopic (exact) mass is 352 g/mol. The molecular weight excluding hydrogens is 336 g/mol. The summed E-state index contributed by atoms with van der Waals surface area (Å²) in [6.07, 6.45) is 0.537. The van der Waals surface area contributed by atoms with Crippen molar-refractivity contribution in [1.29, 1.82) is 0 Å². The summed E-state index contributed by atoms with van der Waals surface area (Å²) in [5, 5.41) is 2.72. The lowest BCUT2D eigenvalue weighted by molar-refractivity contribution is 0.102.